The number of hydrogen-bond acceptors (Lipinski definition) is 3. The van der Waals surface area contributed by atoms with Crippen LogP contribution in [0.5, 0.6) is 0 Å². The van der Waals surface area contributed by atoms with Gasteiger partial charge in [-0.25, -0.2) is 0 Å². The van der Waals surface area contributed by atoms with E-state index in [9.17, 15) is 0 Å². The first kappa shape index (κ1) is 12.7. The summed E-state index contributed by atoms with van der Waals surface area (Å²) < 4.78 is 7.44. The van der Waals surface area contributed by atoms with E-state index in [0.29, 0.717) is 6.54 Å². The van der Waals surface area contributed by atoms with E-state index in [4.69, 9.17) is 4.42 Å². The van der Waals surface area contributed by atoms with Crippen molar-refractivity contribution in [1.82, 2.24) is 15.1 Å². The molecule has 4 nitrogen and oxygen atoms in total. The van der Waals surface area contributed by atoms with E-state index in [2.05, 4.69) is 22.5 Å². The molecule has 0 fully saturated rings. The van der Waals surface area contributed by atoms with Crippen LogP contribution in [0, 0.1) is 0 Å². The van der Waals surface area contributed by atoms with Crippen LogP contribution in [0.2, 0.25) is 0 Å². The van der Waals surface area contributed by atoms with Crippen molar-refractivity contribution in [3.8, 4) is 11.1 Å². The normalized spacial score (nSPS) is 10.8. The van der Waals surface area contributed by atoms with Crippen LogP contribution in [0.15, 0.2) is 59.5 Å². The fourth-order valence-electron chi connectivity index (χ4n) is 2.23. The van der Waals surface area contributed by atoms with Crippen LogP contribution in [0.3, 0.4) is 0 Å². The van der Waals surface area contributed by atoms with Crippen molar-refractivity contribution < 1.29 is 4.42 Å². The molecule has 3 rings (SSSR count). The molecule has 0 spiro atoms. The van der Waals surface area contributed by atoms with Crippen LogP contribution < -0.4 is 5.32 Å². The number of hydrogen-bond donors (Lipinski definition) is 1. The molecule has 0 saturated carbocycles. The summed E-state index contributed by atoms with van der Waals surface area (Å²) in [6, 6.07) is 12.2. The standard InChI is InChI=1S/C16H17N3O/c1-17-9-14-7-8-20-16(14)12-19-11-15(10-18-19)13-5-3-2-4-6-13/h2-8,10-11,17H,9,12H2,1H3. The SMILES string of the molecule is CNCc1ccoc1Cn1cc(-c2ccccc2)cn1. The first-order valence-electron chi connectivity index (χ1n) is 6.64. The molecular weight excluding hydrogens is 250 g/mol. The number of nitrogens with zero attached hydrogens (tertiary/aromatic N) is 2. The number of furan rings is 1. The predicted octanol–water partition coefficient (Wildman–Crippen LogP) is 2.91. The molecule has 0 aliphatic carbocycles. The summed E-state index contributed by atoms with van der Waals surface area (Å²) >= 11 is 0. The van der Waals surface area contributed by atoms with Crippen molar-refractivity contribution in [3.63, 3.8) is 0 Å². The molecule has 2 aromatic heterocycles. The Morgan fingerprint density at radius 3 is 2.80 bits per heavy atom. The van der Waals surface area contributed by atoms with E-state index in [1.54, 1.807) is 6.26 Å². The lowest BCUT2D eigenvalue weighted by molar-refractivity contribution is 0.473. The van der Waals surface area contributed by atoms with Crippen LogP contribution in [0.25, 0.3) is 11.1 Å². The first-order valence-corrected chi connectivity index (χ1v) is 6.64. The van der Waals surface area contributed by atoms with Gasteiger partial charge in [0.1, 0.15) is 5.76 Å². The van der Waals surface area contributed by atoms with Crippen molar-refractivity contribution in [1.29, 1.82) is 0 Å². The molecule has 0 aliphatic rings. The lowest BCUT2D eigenvalue weighted by atomic mass is 10.1. The number of aromatic nitrogens is 2. The number of nitrogens with one attached hydrogen (secondary N) is 1. The van der Waals surface area contributed by atoms with Crippen LogP contribution in [0.4, 0.5) is 0 Å². The summed E-state index contributed by atoms with van der Waals surface area (Å²) in [5, 5.41) is 7.54. The van der Waals surface area contributed by atoms with E-state index >= 15 is 0 Å². The quantitative estimate of drug-likeness (QED) is 0.773. The predicted molar refractivity (Wildman–Crippen MR) is 78.2 cm³/mol. The van der Waals surface area contributed by atoms with E-state index in [0.717, 1.165) is 17.9 Å². The molecule has 4 heteroatoms. The van der Waals surface area contributed by atoms with Crippen LogP contribution >= 0.6 is 0 Å². The molecule has 2 heterocycles. The van der Waals surface area contributed by atoms with E-state index in [1.165, 1.54) is 11.1 Å². The topological polar surface area (TPSA) is 43.0 Å². The minimum absolute atomic E-state index is 0.650. The third kappa shape index (κ3) is 2.65. The highest BCUT2D eigenvalue weighted by atomic mass is 16.3. The molecular formula is C16H17N3O. The van der Waals surface area contributed by atoms with Crippen molar-refractivity contribution >= 4 is 0 Å². The van der Waals surface area contributed by atoms with Gasteiger partial charge >= 0.3 is 0 Å². The molecule has 0 atom stereocenters. The lowest BCUT2D eigenvalue weighted by Crippen LogP contribution is -2.08. The second-order valence-corrected chi connectivity index (χ2v) is 4.69. The Morgan fingerprint density at radius 2 is 2.00 bits per heavy atom. The van der Waals surface area contributed by atoms with Gasteiger partial charge in [0.15, 0.2) is 0 Å². The monoisotopic (exact) mass is 267 g/mol. The Labute approximate surface area is 118 Å². The minimum atomic E-state index is 0.650. The molecule has 0 unspecified atom stereocenters. The molecule has 0 saturated heterocycles. The highest BCUT2D eigenvalue weighted by molar-refractivity contribution is 5.61. The van der Waals surface area contributed by atoms with Crippen molar-refractivity contribution in [2.75, 3.05) is 7.05 Å². The van der Waals surface area contributed by atoms with E-state index in [-0.39, 0.29) is 0 Å². The molecule has 0 radical (unpaired) electrons. The average molecular weight is 267 g/mol. The van der Waals surface area contributed by atoms with Gasteiger partial charge in [-0.15, -0.1) is 0 Å². The zero-order valence-corrected chi connectivity index (χ0v) is 11.4. The molecule has 102 valence electrons. The fourth-order valence-corrected chi connectivity index (χ4v) is 2.23. The minimum Gasteiger partial charge on any atom is -0.467 e. The maximum absolute atomic E-state index is 5.54. The Kier molecular flexibility index (Phi) is 3.65. The van der Waals surface area contributed by atoms with Crippen molar-refractivity contribution in [2.45, 2.75) is 13.1 Å². The number of benzene rings is 1. The smallest absolute Gasteiger partial charge is 0.129 e. The maximum Gasteiger partial charge on any atom is 0.129 e. The van der Waals surface area contributed by atoms with Crippen LogP contribution in [-0.4, -0.2) is 16.8 Å². The summed E-state index contributed by atoms with van der Waals surface area (Å²) in [7, 11) is 1.93. The molecule has 0 aliphatic heterocycles. The zero-order valence-electron chi connectivity index (χ0n) is 11.4. The fraction of sp³-hybridized carbons (Fsp3) is 0.188. The zero-order chi connectivity index (χ0) is 13.8. The average Bonchev–Trinajstić information content (AvgIpc) is 3.11. The second kappa shape index (κ2) is 5.75. The summed E-state index contributed by atoms with van der Waals surface area (Å²) in [4.78, 5) is 0. The van der Waals surface area contributed by atoms with Gasteiger partial charge in [0.2, 0.25) is 0 Å². The Bertz CT molecular complexity index is 670. The third-order valence-electron chi connectivity index (χ3n) is 3.25. The Balaban J connectivity index is 1.79. The van der Waals surface area contributed by atoms with Crippen LogP contribution in [0.1, 0.15) is 11.3 Å². The van der Waals surface area contributed by atoms with Crippen LogP contribution in [-0.2, 0) is 13.1 Å². The van der Waals surface area contributed by atoms with Gasteiger partial charge in [0, 0.05) is 23.9 Å². The van der Waals surface area contributed by atoms with Crippen molar-refractivity contribution in [2.24, 2.45) is 0 Å². The van der Waals surface area contributed by atoms with Gasteiger partial charge in [-0.3, -0.25) is 4.68 Å². The molecule has 3 aromatic rings. The number of rotatable bonds is 5. The van der Waals surface area contributed by atoms with Gasteiger partial charge < -0.3 is 9.73 Å². The molecule has 0 bridgehead atoms. The van der Waals surface area contributed by atoms with Gasteiger partial charge in [-0.2, -0.15) is 5.10 Å². The van der Waals surface area contributed by atoms with Gasteiger partial charge in [0.25, 0.3) is 0 Å². The molecule has 20 heavy (non-hydrogen) atoms. The Hall–Kier alpha value is -2.33. The highest BCUT2D eigenvalue weighted by Crippen LogP contribution is 2.19. The van der Waals surface area contributed by atoms with Gasteiger partial charge in [-0.05, 0) is 18.7 Å². The summed E-state index contributed by atoms with van der Waals surface area (Å²) in [5.74, 6) is 0.946. The largest absolute Gasteiger partial charge is 0.467 e. The summed E-state index contributed by atoms with van der Waals surface area (Å²) in [6.07, 6.45) is 5.65. The Morgan fingerprint density at radius 1 is 1.15 bits per heavy atom. The van der Waals surface area contributed by atoms with E-state index < -0.39 is 0 Å². The molecule has 0 amide bonds. The first-order chi connectivity index (χ1) is 9.86. The molecule has 1 N–H and O–H groups in total. The van der Waals surface area contributed by atoms with E-state index in [1.807, 2.05) is 48.4 Å². The summed E-state index contributed by atoms with van der Waals surface area (Å²) in [5.41, 5.74) is 3.46. The van der Waals surface area contributed by atoms with Gasteiger partial charge in [0.05, 0.1) is 19.0 Å². The molecule has 1 aromatic carbocycles. The highest BCUT2D eigenvalue weighted by Gasteiger charge is 2.08. The van der Waals surface area contributed by atoms with Gasteiger partial charge in [-0.1, -0.05) is 30.3 Å². The van der Waals surface area contributed by atoms with Crippen molar-refractivity contribution in [3.05, 3.63) is 66.4 Å². The summed E-state index contributed by atoms with van der Waals surface area (Å²) in [6.45, 7) is 1.45. The third-order valence-corrected chi connectivity index (χ3v) is 3.25. The lowest BCUT2D eigenvalue weighted by Gasteiger charge is -2.02. The second-order valence-electron chi connectivity index (χ2n) is 4.69. The maximum atomic E-state index is 5.54.